The summed E-state index contributed by atoms with van der Waals surface area (Å²) < 4.78 is 17.6. The molecule has 114 valence electrons. The zero-order chi connectivity index (χ0) is 15.9. The normalized spacial score (nSPS) is 10.0. The van der Waals surface area contributed by atoms with E-state index in [1.54, 1.807) is 30.3 Å². The third kappa shape index (κ3) is 4.59. The zero-order valence-electron chi connectivity index (χ0n) is 11.7. The maximum absolute atomic E-state index is 12.7. The van der Waals surface area contributed by atoms with Crippen LogP contribution in [0.3, 0.4) is 0 Å². The Bertz CT molecular complexity index is 671. The largest absolute Gasteiger partial charge is 0.452 e. The highest BCUT2D eigenvalue weighted by atomic mass is 19.1. The van der Waals surface area contributed by atoms with Crippen LogP contribution in [0.15, 0.2) is 48.5 Å². The van der Waals surface area contributed by atoms with Gasteiger partial charge in [-0.3, -0.25) is 4.79 Å². The Labute approximate surface area is 126 Å². The van der Waals surface area contributed by atoms with Crippen LogP contribution in [0.25, 0.3) is 0 Å². The second-order valence-electron chi connectivity index (χ2n) is 4.60. The molecule has 0 aliphatic rings. The van der Waals surface area contributed by atoms with E-state index < -0.39 is 18.5 Å². The molecule has 2 rings (SSSR count). The molecule has 0 aliphatic carbocycles. The number of benzene rings is 2. The summed E-state index contributed by atoms with van der Waals surface area (Å²) in [6.45, 7) is -0.163. The summed E-state index contributed by atoms with van der Waals surface area (Å²) in [5, 5.41) is 2.57. The zero-order valence-corrected chi connectivity index (χ0v) is 11.7. The fourth-order valence-corrected chi connectivity index (χ4v) is 1.73. The van der Waals surface area contributed by atoms with E-state index in [1.165, 1.54) is 18.2 Å². The molecular formula is C16H15FN2O3. The fraction of sp³-hybridized carbons (Fsp3) is 0.125. The first kappa shape index (κ1) is 15.5. The monoisotopic (exact) mass is 302 g/mol. The predicted molar refractivity (Wildman–Crippen MR) is 79.4 cm³/mol. The van der Waals surface area contributed by atoms with Crippen LogP contribution in [0.2, 0.25) is 0 Å². The van der Waals surface area contributed by atoms with Gasteiger partial charge in [0.15, 0.2) is 6.61 Å². The van der Waals surface area contributed by atoms with Gasteiger partial charge >= 0.3 is 5.97 Å². The molecule has 0 saturated carbocycles. The molecule has 0 spiro atoms. The van der Waals surface area contributed by atoms with Crippen molar-refractivity contribution >= 4 is 17.6 Å². The molecule has 0 saturated heterocycles. The van der Waals surface area contributed by atoms with Crippen molar-refractivity contribution in [2.45, 2.75) is 6.54 Å². The average molecular weight is 302 g/mol. The van der Waals surface area contributed by atoms with Crippen molar-refractivity contribution in [2.24, 2.45) is 0 Å². The van der Waals surface area contributed by atoms with E-state index in [2.05, 4.69) is 5.32 Å². The van der Waals surface area contributed by atoms with Crippen LogP contribution < -0.4 is 11.1 Å². The number of hydrogen-bond donors (Lipinski definition) is 2. The summed E-state index contributed by atoms with van der Waals surface area (Å²) in [4.78, 5) is 23.3. The number of carbonyl (C=O) groups excluding carboxylic acids is 2. The molecule has 5 nitrogen and oxygen atoms in total. The highest BCUT2D eigenvalue weighted by Gasteiger charge is 2.10. The molecule has 6 heteroatoms. The molecule has 22 heavy (non-hydrogen) atoms. The Kier molecular flexibility index (Phi) is 5.08. The third-order valence-electron chi connectivity index (χ3n) is 2.86. The van der Waals surface area contributed by atoms with Gasteiger partial charge < -0.3 is 15.8 Å². The Morgan fingerprint density at radius 1 is 1.14 bits per heavy atom. The Hall–Kier alpha value is -2.89. The van der Waals surface area contributed by atoms with Gasteiger partial charge in [-0.2, -0.15) is 0 Å². The van der Waals surface area contributed by atoms with Gasteiger partial charge in [0.25, 0.3) is 5.91 Å². The molecule has 2 aromatic carbocycles. The second kappa shape index (κ2) is 7.21. The van der Waals surface area contributed by atoms with Crippen LogP contribution in [0.4, 0.5) is 10.1 Å². The van der Waals surface area contributed by atoms with Crippen molar-refractivity contribution in [1.29, 1.82) is 0 Å². The highest BCUT2D eigenvalue weighted by Crippen LogP contribution is 2.07. The minimum absolute atomic E-state index is 0.231. The second-order valence-corrected chi connectivity index (χ2v) is 4.60. The lowest BCUT2D eigenvalue weighted by atomic mass is 10.2. The number of nitrogens with one attached hydrogen (secondary N) is 1. The van der Waals surface area contributed by atoms with Crippen LogP contribution in [0, 0.1) is 5.82 Å². The summed E-state index contributed by atoms with van der Waals surface area (Å²) in [5.41, 5.74) is 7.03. The van der Waals surface area contributed by atoms with E-state index in [1.807, 2.05) is 0 Å². The number of amides is 1. The number of rotatable bonds is 5. The van der Waals surface area contributed by atoms with E-state index in [-0.39, 0.29) is 17.9 Å². The fourth-order valence-electron chi connectivity index (χ4n) is 1.73. The number of hydrogen-bond acceptors (Lipinski definition) is 4. The summed E-state index contributed by atoms with van der Waals surface area (Å²) in [6, 6.07) is 12.0. The van der Waals surface area contributed by atoms with E-state index in [0.29, 0.717) is 5.69 Å². The quantitative estimate of drug-likeness (QED) is 0.652. The summed E-state index contributed by atoms with van der Waals surface area (Å²) in [7, 11) is 0. The van der Waals surface area contributed by atoms with Crippen molar-refractivity contribution in [3.05, 3.63) is 65.5 Å². The summed E-state index contributed by atoms with van der Waals surface area (Å²) in [5.74, 6) is -1.41. The Morgan fingerprint density at radius 2 is 1.86 bits per heavy atom. The lowest BCUT2D eigenvalue weighted by molar-refractivity contribution is -0.124. The van der Waals surface area contributed by atoms with Crippen molar-refractivity contribution < 1.29 is 18.7 Å². The number of esters is 1. The van der Waals surface area contributed by atoms with E-state index in [4.69, 9.17) is 10.5 Å². The predicted octanol–water partition coefficient (Wildman–Crippen LogP) is 1.88. The lowest BCUT2D eigenvalue weighted by Gasteiger charge is -2.07. The summed E-state index contributed by atoms with van der Waals surface area (Å²) >= 11 is 0. The molecule has 0 radical (unpaired) electrons. The number of carbonyl (C=O) groups is 2. The van der Waals surface area contributed by atoms with Crippen molar-refractivity contribution in [3.63, 3.8) is 0 Å². The number of nitrogens with two attached hydrogens (primary N) is 1. The standard InChI is InChI=1S/C16H15FN2O3/c17-13-6-4-11(5-7-13)9-19-15(20)10-22-16(21)12-2-1-3-14(18)8-12/h1-8H,9-10,18H2,(H,19,20). The van der Waals surface area contributed by atoms with Crippen molar-refractivity contribution in [1.82, 2.24) is 5.32 Å². The van der Waals surface area contributed by atoms with Gasteiger partial charge in [-0.15, -0.1) is 0 Å². The molecule has 3 N–H and O–H groups in total. The molecule has 0 heterocycles. The van der Waals surface area contributed by atoms with Crippen LogP contribution in [-0.2, 0) is 16.1 Å². The van der Waals surface area contributed by atoms with Gasteiger partial charge in [-0.1, -0.05) is 18.2 Å². The highest BCUT2D eigenvalue weighted by molar-refractivity contribution is 5.92. The van der Waals surface area contributed by atoms with Gasteiger partial charge in [0.05, 0.1) is 5.56 Å². The molecule has 0 atom stereocenters. The maximum Gasteiger partial charge on any atom is 0.338 e. The molecule has 0 aliphatic heterocycles. The molecule has 2 aromatic rings. The Morgan fingerprint density at radius 3 is 2.55 bits per heavy atom. The number of nitrogen functional groups attached to an aromatic ring is 1. The number of halogens is 1. The molecule has 1 amide bonds. The van der Waals surface area contributed by atoms with Crippen LogP contribution in [0.5, 0.6) is 0 Å². The summed E-state index contributed by atoms with van der Waals surface area (Å²) in [6.07, 6.45) is 0. The van der Waals surface area contributed by atoms with Gasteiger partial charge in [0.1, 0.15) is 5.82 Å². The van der Waals surface area contributed by atoms with Crippen LogP contribution in [-0.4, -0.2) is 18.5 Å². The van der Waals surface area contributed by atoms with Crippen LogP contribution >= 0.6 is 0 Å². The van der Waals surface area contributed by atoms with Gasteiger partial charge in [0.2, 0.25) is 0 Å². The van der Waals surface area contributed by atoms with Crippen molar-refractivity contribution in [3.8, 4) is 0 Å². The first-order valence-corrected chi connectivity index (χ1v) is 6.58. The average Bonchev–Trinajstić information content (AvgIpc) is 2.52. The van der Waals surface area contributed by atoms with Gasteiger partial charge in [-0.05, 0) is 35.9 Å². The van der Waals surface area contributed by atoms with Gasteiger partial charge in [-0.25, -0.2) is 9.18 Å². The maximum atomic E-state index is 12.7. The van der Waals surface area contributed by atoms with Crippen molar-refractivity contribution in [2.75, 3.05) is 12.3 Å². The lowest BCUT2D eigenvalue weighted by Crippen LogP contribution is -2.28. The molecule has 0 fully saturated rings. The molecule has 0 unspecified atom stereocenters. The number of anilines is 1. The van der Waals surface area contributed by atoms with E-state index in [9.17, 15) is 14.0 Å². The molecule has 0 bridgehead atoms. The van der Waals surface area contributed by atoms with E-state index in [0.717, 1.165) is 5.56 Å². The molecular weight excluding hydrogens is 287 g/mol. The minimum atomic E-state index is -0.621. The van der Waals surface area contributed by atoms with Gasteiger partial charge in [0, 0.05) is 12.2 Å². The smallest absolute Gasteiger partial charge is 0.338 e. The first-order valence-electron chi connectivity index (χ1n) is 6.58. The first-order chi connectivity index (χ1) is 10.5. The SMILES string of the molecule is Nc1cccc(C(=O)OCC(=O)NCc2ccc(F)cc2)c1. The number of ether oxygens (including phenoxy) is 1. The minimum Gasteiger partial charge on any atom is -0.452 e. The van der Waals surface area contributed by atoms with E-state index >= 15 is 0 Å². The Balaban J connectivity index is 1.78. The van der Waals surface area contributed by atoms with Crippen LogP contribution in [0.1, 0.15) is 15.9 Å². The molecule has 0 aromatic heterocycles. The topological polar surface area (TPSA) is 81.4 Å². The third-order valence-corrected chi connectivity index (χ3v) is 2.86.